The topological polar surface area (TPSA) is 29.3 Å². The van der Waals surface area contributed by atoms with Crippen LogP contribution in [0.5, 0.6) is 0 Å². The van der Waals surface area contributed by atoms with E-state index in [1.165, 1.54) is 0 Å². The number of likely N-dealkylation sites (N-methyl/N-ethyl adjacent to an activating group) is 1. The molecule has 0 amide bonds. The molecule has 1 aromatic carbocycles. The summed E-state index contributed by atoms with van der Waals surface area (Å²) >= 11 is 12.6. The highest BCUT2D eigenvalue weighted by Crippen LogP contribution is 2.36. The molecular formula is C14H22Cl2N2. The van der Waals surface area contributed by atoms with E-state index in [1.54, 1.807) is 0 Å². The molecule has 0 saturated heterocycles. The second-order valence-electron chi connectivity index (χ2n) is 5.34. The molecule has 0 aliphatic rings. The van der Waals surface area contributed by atoms with Crippen molar-refractivity contribution in [2.24, 2.45) is 5.73 Å². The van der Waals surface area contributed by atoms with Crippen molar-refractivity contribution in [3.8, 4) is 0 Å². The van der Waals surface area contributed by atoms with E-state index in [1.807, 2.05) is 18.2 Å². The lowest BCUT2D eigenvalue weighted by Crippen LogP contribution is -2.46. The number of nitrogens with zero attached hydrogens (tertiary/aromatic N) is 1. The lowest BCUT2D eigenvalue weighted by Gasteiger charge is -2.41. The summed E-state index contributed by atoms with van der Waals surface area (Å²) in [5.41, 5.74) is 6.90. The predicted molar refractivity (Wildman–Crippen MR) is 80.4 cm³/mol. The van der Waals surface area contributed by atoms with Gasteiger partial charge in [-0.05, 0) is 39.4 Å². The fourth-order valence-corrected chi connectivity index (χ4v) is 3.04. The molecule has 0 aliphatic carbocycles. The minimum absolute atomic E-state index is 0.0152. The second kappa shape index (κ2) is 6.25. The first kappa shape index (κ1) is 15.8. The highest BCUT2D eigenvalue weighted by atomic mass is 35.5. The molecule has 1 unspecified atom stereocenters. The minimum atomic E-state index is 0.0152. The first-order valence-corrected chi connectivity index (χ1v) is 6.99. The molecule has 0 aromatic heterocycles. The first-order valence-electron chi connectivity index (χ1n) is 6.23. The smallest absolute Gasteiger partial charge is 0.0505 e. The van der Waals surface area contributed by atoms with Crippen LogP contribution in [0, 0.1) is 0 Å². The van der Waals surface area contributed by atoms with Gasteiger partial charge in [-0.1, -0.05) is 36.2 Å². The lowest BCUT2D eigenvalue weighted by molar-refractivity contribution is 0.0920. The molecule has 2 N–H and O–H groups in total. The van der Waals surface area contributed by atoms with Crippen molar-refractivity contribution in [1.82, 2.24) is 4.90 Å². The van der Waals surface area contributed by atoms with Crippen LogP contribution in [0.1, 0.15) is 39.3 Å². The third-order valence-corrected chi connectivity index (χ3v) is 3.79. The number of nitrogens with two attached hydrogens (primary N) is 1. The van der Waals surface area contributed by atoms with Gasteiger partial charge in [-0.3, -0.25) is 4.90 Å². The Balaban J connectivity index is 3.24. The quantitative estimate of drug-likeness (QED) is 0.903. The number of halogens is 2. The average Bonchev–Trinajstić information content (AvgIpc) is 2.25. The van der Waals surface area contributed by atoms with Gasteiger partial charge in [0.15, 0.2) is 0 Å². The molecule has 0 heterocycles. The molecule has 0 fully saturated rings. The molecule has 18 heavy (non-hydrogen) atoms. The molecule has 4 heteroatoms. The van der Waals surface area contributed by atoms with Crippen molar-refractivity contribution in [3.63, 3.8) is 0 Å². The minimum Gasteiger partial charge on any atom is -0.329 e. The van der Waals surface area contributed by atoms with Crippen LogP contribution in [0.3, 0.4) is 0 Å². The molecular weight excluding hydrogens is 267 g/mol. The fourth-order valence-electron chi connectivity index (χ4n) is 2.39. The van der Waals surface area contributed by atoms with Gasteiger partial charge in [0.2, 0.25) is 0 Å². The van der Waals surface area contributed by atoms with Gasteiger partial charge >= 0.3 is 0 Å². The van der Waals surface area contributed by atoms with Gasteiger partial charge in [-0.25, -0.2) is 0 Å². The van der Waals surface area contributed by atoms with E-state index < -0.39 is 0 Å². The van der Waals surface area contributed by atoms with Crippen LogP contribution < -0.4 is 5.73 Å². The van der Waals surface area contributed by atoms with Crippen molar-refractivity contribution in [2.45, 2.75) is 39.3 Å². The van der Waals surface area contributed by atoms with E-state index in [4.69, 9.17) is 28.9 Å². The monoisotopic (exact) mass is 288 g/mol. The van der Waals surface area contributed by atoms with Gasteiger partial charge in [-0.15, -0.1) is 0 Å². The summed E-state index contributed by atoms with van der Waals surface area (Å²) < 4.78 is 0. The predicted octanol–water partition coefficient (Wildman–Crippen LogP) is 4.11. The summed E-state index contributed by atoms with van der Waals surface area (Å²) in [5, 5.41) is 1.36. The van der Waals surface area contributed by atoms with Crippen molar-refractivity contribution < 1.29 is 0 Å². The number of hydrogen-bond acceptors (Lipinski definition) is 2. The van der Waals surface area contributed by atoms with E-state index in [-0.39, 0.29) is 11.6 Å². The van der Waals surface area contributed by atoms with Crippen LogP contribution in [0.25, 0.3) is 0 Å². The highest BCUT2D eigenvalue weighted by molar-refractivity contribution is 6.36. The zero-order valence-corrected chi connectivity index (χ0v) is 13.0. The normalized spacial score (nSPS) is 14.0. The summed E-state index contributed by atoms with van der Waals surface area (Å²) in [5.74, 6) is 0. The maximum atomic E-state index is 6.29. The van der Waals surface area contributed by atoms with Gasteiger partial charge in [0.25, 0.3) is 0 Å². The Bertz CT molecular complexity index is 379. The van der Waals surface area contributed by atoms with Gasteiger partial charge < -0.3 is 5.73 Å². The molecule has 0 saturated carbocycles. The summed E-state index contributed by atoms with van der Waals surface area (Å²) in [7, 11) is 0. The molecule has 0 radical (unpaired) electrons. The Morgan fingerprint density at radius 1 is 1.22 bits per heavy atom. The van der Waals surface area contributed by atoms with E-state index in [2.05, 4.69) is 32.6 Å². The van der Waals surface area contributed by atoms with Crippen LogP contribution in [0.2, 0.25) is 10.0 Å². The zero-order chi connectivity index (χ0) is 13.9. The Labute approximate surface area is 120 Å². The van der Waals surface area contributed by atoms with Crippen molar-refractivity contribution in [1.29, 1.82) is 0 Å². The van der Waals surface area contributed by atoms with Crippen LogP contribution in [-0.4, -0.2) is 23.5 Å². The summed E-state index contributed by atoms with van der Waals surface area (Å²) in [4.78, 5) is 2.32. The Kier molecular flexibility index (Phi) is 5.47. The summed E-state index contributed by atoms with van der Waals surface area (Å²) in [6.07, 6.45) is 0. The number of rotatable bonds is 4. The van der Waals surface area contributed by atoms with E-state index >= 15 is 0 Å². The maximum Gasteiger partial charge on any atom is 0.0505 e. The van der Waals surface area contributed by atoms with Gasteiger partial charge in [0.05, 0.1) is 6.04 Å². The van der Waals surface area contributed by atoms with Crippen LogP contribution >= 0.6 is 23.2 Å². The average molecular weight is 289 g/mol. The molecule has 1 aromatic rings. The summed E-state index contributed by atoms with van der Waals surface area (Å²) in [6.45, 7) is 10.0. The van der Waals surface area contributed by atoms with Crippen LogP contribution in [-0.2, 0) is 0 Å². The van der Waals surface area contributed by atoms with Crippen molar-refractivity contribution >= 4 is 23.2 Å². The fraction of sp³-hybridized carbons (Fsp3) is 0.571. The van der Waals surface area contributed by atoms with Crippen LogP contribution in [0.15, 0.2) is 18.2 Å². The molecule has 0 bridgehead atoms. The molecule has 2 nitrogen and oxygen atoms in total. The molecule has 1 atom stereocenters. The lowest BCUT2D eigenvalue weighted by atomic mass is 9.97. The number of benzene rings is 1. The van der Waals surface area contributed by atoms with E-state index in [9.17, 15) is 0 Å². The first-order chi connectivity index (χ1) is 8.32. The Hall–Kier alpha value is -0.280. The van der Waals surface area contributed by atoms with Crippen molar-refractivity contribution in [3.05, 3.63) is 33.8 Å². The Morgan fingerprint density at radius 3 is 2.06 bits per heavy atom. The molecule has 102 valence electrons. The maximum absolute atomic E-state index is 6.29. The zero-order valence-electron chi connectivity index (χ0n) is 11.5. The van der Waals surface area contributed by atoms with E-state index in [0.29, 0.717) is 16.6 Å². The molecule has 0 spiro atoms. The van der Waals surface area contributed by atoms with Gasteiger partial charge in [-0.2, -0.15) is 0 Å². The second-order valence-corrected chi connectivity index (χ2v) is 6.16. The van der Waals surface area contributed by atoms with Crippen molar-refractivity contribution in [2.75, 3.05) is 13.1 Å². The third kappa shape index (κ3) is 3.39. The largest absolute Gasteiger partial charge is 0.329 e. The molecule has 0 aliphatic heterocycles. The highest BCUT2D eigenvalue weighted by Gasteiger charge is 2.30. The van der Waals surface area contributed by atoms with E-state index in [0.717, 1.165) is 12.1 Å². The van der Waals surface area contributed by atoms with Gasteiger partial charge in [0, 0.05) is 27.7 Å². The van der Waals surface area contributed by atoms with Crippen LogP contribution in [0.4, 0.5) is 0 Å². The third-order valence-electron chi connectivity index (χ3n) is 3.13. The Morgan fingerprint density at radius 2 is 1.72 bits per heavy atom. The number of hydrogen-bond donors (Lipinski definition) is 1. The molecule has 1 rings (SSSR count). The summed E-state index contributed by atoms with van der Waals surface area (Å²) in [6, 6.07) is 5.62. The SMILES string of the molecule is CCN(C(CN)c1c(Cl)cccc1Cl)C(C)(C)C. The standard InChI is InChI=1S/C14H22Cl2N2/c1-5-18(14(2,3)4)12(9-17)13-10(15)7-6-8-11(13)16/h6-8,12H,5,9,17H2,1-4H3. The van der Waals surface area contributed by atoms with Gasteiger partial charge in [0.1, 0.15) is 0 Å².